The van der Waals surface area contributed by atoms with E-state index in [1.54, 1.807) is 11.3 Å². The third-order valence-electron chi connectivity index (χ3n) is 4.08. The van der Waals surface area contributed by atoms with E-state index in [0.29, 0.717) is 12.5 Å². The second-order valence-corrected chi connectivity index (χ2v) is 7.29. The molecule has 5 nitrogen and oxygen atoms in total. The molecule has 6 heteroatoms. The fourth-order valence-electron chi connectivity index (χ4n) is 2.80. The molecular weight excluding hydrogens is 332 g/mol. The predicted octanol–water partition coefficient (Wildman–Crippen LogP) is 3.85. The molecule has 1 aliphatic heterocycles. The lowest BCUT2D eigenvalue weighted by Gasteiger charge is -2.28. The topological polar surface area (TPSA) is 58.5 Å². The zero-order valence-corrected chi connectivity index (χ0v) is 15.9. The number of fused-ring (bicyclic) bond motifs is 1. The summed E-state index contributed by atoms with van der Waals surface area (Å²) in [6.45, 7) is 8.54. The molecule has 0 amide bonds. The minimum Gasteiger partial charge on any atom is -0.493 e. The molecular formula is C19H26N4OS. The van der Waals surface area contributed by atoms with Crippen molar-refractivity contribution in [3.8, 4) is 5.75 Å². The Labute approximate surface area is 153 Å². The van der Waals surface area contributed by atoms with Gasteiger partial charge in [0.1, 0.15) is 5.75 Å². The van der Waals surface area contributed by atoms with Crippen LogP contribution in [0.5, 0.6) is 5.75 Å². The molecule has 1 atom stereocenters. The number of guanidine groups is 1. The lowest BCUT2D eigenvalue weighted by atomic mass is 10.0. The fourth-order valence-corrected chi connectivity index (χ4v) is 3.62. The fraction of sp³-hybridized carbons (Fsp3) is 0.474. The second kappa shape index (κ2) is 8.34. The van der Waals surface area contributed by atoms with Crippen molar-refractivity contribution >= 4 is 17.3 Å². The number of ether oxygens (including phenoxy) is 1. The van der Waals surface area contributed by atoms with Gasteiger partial charge in [0.25, 0.3) is 0 Å². The Morgan fingerprint density at radius 3 is 3.00 bits per heavy atom. The van der Waals surface area contributed by atoms with Crippen molar-refractivity contribution in [1.82, 2.24) is 15.6 Å². The first kappa shape index (κ1) is 17.7. The van der Waals surface area contributed by atoms with Gasteiger partial charge in [0, 0.05) is 29.8 Å². The molecule has 25 heavy (non-hydrogen) atoms. The van der Waals surface area contributed by atoms with Crippen LogP contribution in [0.2, 0.25) is 0 Å². The predicted molar refractivity (Wildman–Crippen MR) is 103 cm³/mol. The summed E-state index contributed by atoms with van der Waals surface area (Å²) in [7, 11) is 0. The largest absolute Gasteiger partial charge is 0.493 e. The number of para-hydroxylation sites is 1. The Morgan fingerprint density at radius 2 is 2.24 bits per heavy atom. The zero-order valence-electron chi connectivity index (χ0n) is 15.1. The van der Waals surface area contributed by atoms with E-state index in [-0.39, 0.29) is 6.04 Å². The minimum atomic E-state index is 0.212. The van der Waals surface area contributed by atoms with E-state index in [9.17, 15) is 0 Å². The van der Waals surface area contributed by atoms with Gasteiger partial charge in [-0.1, -0.05) is 32.0 Å². The molecule has 1 aromatic carbocycles. The van der Waals surface area contributed by atoms with Gasteiger partial charge in [0.05, 0.1) is 29.9 Å². The number of aliphatic imine (C=N–C) groups is 1. The minimum absolute atomic E-state index is 0.212. The number of nitrogens with zero attached hydrogens (tertiary/aromatic N) is 2. The van der Waals surface area contributed by atoms with Crippen LogP contribution in [0, 0.1) is 0 Å². The van der Waals surface area contributed by atoms with Crippen LogP contribution in [-0.4, -0.2) is 24.1 Å². The maximum atomic E-state index is 5.74. The average molecular weight is 359 g/mol. The molecule has 134 valence electrons. The van der Waals surface area contributed by atoms with Crippen LogP contribution >= 0.6 is 11.3 Å². The summed E-state index contributed by atoms with van der Waals surface area (Å²) < 4.78 is 5.74. The molecule has 0 saturated carbocycles. The van der Waals surface area contributed by atoms with E-state index in [2.05, 4.69) is 53.9 Å². The van der Waals surface area contributed by atoms with E-state index < -0.39 is 0 Å². The van der Waals surface area contributed by atoms with Crippen LogP contribution in [0.4, 0.5) is 0 Å². The SMILES string of the molecule is CCNC(=NCc1csc(C(C)C)n1)NC1CCOc2ccccc21. The maximum Gasteiger partial charge on any atom is 0.192 e. The van der Waals surface area contributed by atoms with Gasteiger partial charge in [-0.05, 0) is 13.0 Å². The number of hydrogen-bond donors (Lipinski definition) is 2. The lowest BCUT2D eigenvalue weighted by Crippen LogP contribution is -2.41. The number of nitrogens with one attached hydrogen (secondary N) is 2. The van der Waals surface area contributed by atoms with E-state index in [1.165, 1.54) is 10.6 Å². The number of benzene rings is 1. The Bertz CT molecular complexity index is 726. The van der Waals surface area contributed by atoms with E-state index >= 15 is 0 Å². The molecule has 0 saturated heterocycles. The van der Waals surface area contributed by atoms with Crippen LogP contribution in [0.25, 0.3) is 0 Å². The molecule has 0 aliphatic carbocycles. The normalized spacial score (nSPS) is 17.1. The number of thiazole rings is 1. The quantitative estimate of drug-likeness (QED) is 0.630. The Balaban J connectivity index is 1.70. The zero-order chi connectivity index (χ0) is 17.6. The number of hydrogen-bond acceptors (Lipinski definition) is 4. The smallest absolute Gasteiger partial charge is 0.192 e. The summed E-state index contributed by atoms with van der Waals surface area (Å²) in [5.41, 5.74) is 2.22. The van der Waals surface area contributed by atoms with Crippen molar-refractivity contribution in [3.05, 3.63) is 45.9 Å². The number of rotatable bonds is 5. The van der Waals surface area contributed by atoms with Crippen LogP contribution in [0.1, 0.15) is 55.4 Å². The Hall–Kier alpha value is -2.08. The van der Waals surface area contributed by atoms with E-state index in [1.807, 2.05) is 12.1 Å². The van der Waals surface area contributed by atoms with Gasteiger partial charge in [-0.25, -0.2) is 9.98 Å². The second-order valence-electron chi connectivity index (χ2n) is 6.40. The molecule has 0 radical (unpaired) electrons. The summed E-state index contributed by atoms with van der Waals surface area (Å²) >= 11 is 1.71. The van der Waals surface area contributed by atoms with Gasteiger partial charge in [0.15, 0.2) is 5.96 Å². The standard InChI is InChI=1S/C19H26N4OS/c1-4-20-19(21-11-14-12-25-18(22-14)13(2)3)23-16-9-10-24-17-8-6-5-7-15(16)17/h5-8,12-13,16H,4,9-11H2,1-3H3,(H2,20,21,23). The van der Waals surface area contributed by atoms with Crippen LogP contribution in [0.3, 0.4) is 0 Å². The monoisotopic (exact) mass is 358 g/mol. The maximum absolute atomic E-state index is 5.74. The summed E-state index contributed by atoms with van der Waals surface area (Å²) in [5, 5.41) is 10.2. The molecule has 2 N–H and O–H groups in total. The summed E-state index contributed by atoms with van der Waals surface area (Å²) in [6.07, 6.45) is 0.926. The molecule has 0 fully saturated rings. The summed E-state index contributed by atoms with van der Waals surface area (Å²) in [4.78, 5) is 9.38. The summed E-state index contributed by atoms with van der Waals surface area (Å²) in [6, 6.07) is 8.41. The molecule has 3 rings (SSSR count). The lowest BCUT2D eigenvalue weighted by molar-refractivity contribution is 0.261. The highest BCUT2D eigenvalue weighted by atomic mass is 32.1. The van der Waals surface area contributed by atoms with Crippen molar-refractivity contribution < 1.29 is 4.74 Å². The molecule has 0 bridgehead atoms. The van der Waals surface area contributed by atoms with Crippen LogP contribution in [-0.2, 0) is 6.54 Å². The molecule has 1 aromatic heterocycles. The highest BCUT2D eigenvalue weighted by molar-refractivity contribution is 7.09. The first-order valence-corrected chi connectivity index (χ1v) is 9.76. The molecule has 1 aliphatic rings. The van der Waals surface area contributed by atoms with Crippen LogP contribution in [0.15, 0.2) is 34.6 Å². The van der Waals surface area contributed by atoms with Crippen molar-refractivity contribution in [2.75, 3.05) is 13.2 Å². The molecule has 1 unspecified atom stereocenters. The van der Waals surface area contributed by atoms with Crippen molar-refractivity contribution in [3.63, 3.8) is 0 Å². The van der Waals surface area contributed by atoms with Crippen molar-refractivity contribution in [2.24, 2.45) is 4.99 Å². The van der Waals surface area contributed by atoms with Gasteiger partial charge in [-0.2, -0.15) is 0 Å². The summed E-state index contributed by atoms with van der Waals surface area (Å²) in [5.74, 6) is 2.25. The van der Waals surface area contributed by atoms with Crippen molar-refractivity contribution in [1.29, 1.82) is 0 Å². The molecule has 0 spiro atoms. The molecule has 2 aromatic rings. The Kier molecular flexibility index (Phi) is 5.91. The number of aromatic nitrogens is 1. The van der Waals surface area contributed by atoms with Gasteiger partial charge in [0.2, 0.25) is 0 Å². The average Bonchev–Trinajstić information content (AvgIpc) is 3.09. The van der Waals surface area contributed by atoms with Crippen LogP contribution < -0.4 is 15.4 Å². The van der Waals surface area contributed by atoms with E-state index in [0.717, 1.165) is 37.0 Å². The van der Waals surface area contributed by atoms with Crippen molar-refractivity contribution in [2.45, 2.75) is 45.7 Å². The Morgan fingerprint density at radius 1 is 1.40 bits per heavy atom. The first-order chi connectivity index (χ1) is 12.2. The first-order valence-electron chi connectivity index (χ1n) is 8.88. The molecule has 2 heterocycles. The third kappa shape index (κ3) is 4.51. The van der Waals surface area contributed by atoms with Gasteiger partial charge >= 0.3 is 0 Å². The van der Waals surface area contributed by atoms with Gasteiger partial charge in [-0.3, -0.25) is 0 Å². The van der Waals surface area contributed by atoms with Gasteiger partial charge < -0.3 is 15.4 Å². The highest BCUT2D eigenvalue weighted by Crippen LogP contribution is 2.31. The highest BCUT2D eigenvalue weighted by Gasteiger charge is 2.21. The third-order valence-corrected chi connectivity index (χ3v) is 5.27. The van der Waals surface area contributed by atoms with E-state index in [4.69, 9.17) is 9.73 Å². The van der Waals surface area contributed by atoms with Gasteiger partial charge in [-0.15, -0.1) is 11.3 Å².